The van der Waals surface area contributed by atoms with Gasteiger partial charge in [-0.15, -0.1) is 0 Å². The number of nitrogen functional groups attached to an aromatic ring is 1. The highest BCUT2D eigenvalue weighted by Gasteiger charge is 2.03. The van der Waals surface area contributed by atoms with Crippen LogP contribution in [0.1, 0.15) is 5.69 Å². The summed E-state index contributed by atoms with van der Waals surface area (Å²) in [6.07, 6.45) is -0.0649. The number of hydrogen-bond acceptors (Lipinski definition) is 5. The van der Waals surface area contributed by atoms with Crippen molar-refractivity contribution in [1.82, 2.24) is 15.4 Å². The van der Waals surface area contributed by atoms with Crippen molar-refractivity contribution < 1.29 is 4.79 Å². The van der Waals surface area contributed by atoms with Crippen molar-refractivity contribution in [2.75, 3.05) is 5.73 Å². The Kier molecular flexibility index (Phi) is 2.60. The molecule has 0 radical (unpaired) electrons. The third kappa shape index (κ3) is 2.56. The van der Waals surface area contributed by atoms with E-state index in [1.807, 2.05) is 5.43 Å². The summed E-state index contributed by atoms with van der Waals surface area (Å²) in [5.41, 5.74) is 7.05. The molecule has 0 bridgehead atoms. The number of hydrogen-bond donors (Lipinski definition) is 4. The number of nitrogens with zero attached hydrogens (tertiary/aromatic N) is 1. The van der Waals surface area contributed by atoms with Crippen LogP contribution in [-0.2, 0) is 11.2 Å². The summed E-state index contributed by atoms with van der Waals surface area (Å²) in [7, 11) is 0. The molecule has 1 aromatic rings. The largest absolute Gasteiger partial charge is 0.369 e. The number of aromatic nitrogens is 2. The predicted molar refractivity (Wildman–Crippen MR) is 45.3 cm³/mol. The van der Waals surface area contributed by atoms with E-state index < -0.39 is 11.5 Å². The molecule has 70 valence electrons. The van der Waals surface area contributed by atoms with E-state index in [4.69, 9.17) is 11.6 Å². The van der Waals surface area contributed by atoms with Gasteiger partial charge in [0.25, 0.3) is 5.56 Å². The molecule has 0 fully saturated rings. The molecule has 1 heterocycles. The van der Waals surface area contributed by atoms with E-state index in [9.17, 15) is 9.59 Å². The first-order valence-corrected chi connectivity index (χ1v) is 3.47. The lowest BCUT2D eigenvalue weighted by atomic mass is 10.3. The van der Waals surface area contributed by atoms with Gasteiger partial charge in [-0.25, -0.2) is 10.8 Å². The van der Waals surface area contributed by atoms with Gasteiger partial charge in [0.05, 0.1) is 12.1 Å². The zero-order chi connectivity index (χ0) is 9.84. The normalized spacial score (nSPS) is 9.62. The Balaban J connectivity index is 2.89. The topological polar surface area (TPSA) is 127 Å². The van der Waals surface area contributed by atoms with Gasteiger partial charge in [-0.3, -0.25) is 20.0 Å². The molecule has 0 aliphatic carbocycles. The zero-order valence-electron chi connectivity index (χ0n) is 6.70. The fraction of sp³-hybridized carbons (Fsp3) is 0.167. The molecule has 6 N–H and O–H groups in total. The first-order valence-electron chi connectivity index (χ1n) is 3.47. The molecule has 0 unspecified atom stereocenters. The van der Waals surface area contributed by atoms with E-state index in [0.29, 0.717) is 0 Å². The van der Waals surface area contributed by atoms with E-state index in [0.717, 1.165) is 0 Å². The molecule has 0 aromatic carbocycles. The van der Waals surface area contributed by atoms with Crippen LogP contribution >= 0.6 is 0 Å². The molecule has 1 aromatic heterocycles. The molecule has 0 aliphatic rings. The van der Waals surface area contributed by atoms with Crippen molar-refractivity contribution in [2.45, 2.75) is 6.42 Å². The van der Waals surface area contributed by atoms with Crippen molar-refractivity contribution in [2.24, 2.45) is 5.84 Å². The van der Waals surface area contributed by atoms with Crippen molar-refractivity contribution in [3.05, 3.63) is 22.1 Å². The molecule has 1 rings (SSSR count). The third-order valence-corrected chi connectivity index (χ3v) is 1.32. The maximum absolute atomic E-state index is 10.8. The van der Waals surface area contributed by atoms with E-state index in [1.165, 1.54) is 6.07 Å². The minimum absolute atomic E-state index is 0.0210. The van der Waals surface area contributed by atoms with Gasteiger partial charge in [0.15, 0.2) is 0 Å². The first-order chi connectivity index (χ1) is 6.11. The lowest BCUT2D eigenvalue weighted by molar-refractivity contribution is -0.120. The van der Waals surface area contributed by atoms with Gasteiger partial charge in [0.2, 0.25) is 11.9 Å². The van der Waals surface area contributed by atoms with Gasteiger partial charge in [0, 0.05) is 6.07 Å². The number of H-pyrrole nitrogens is 1. The Labute approximate surface area is 73.1 Å². The summed E-state index contributed by atoms with van der Waals surface area (Å²) in [4.78, 5) is 27.6. The molecule has 0 saturated heterocycles. The second-order valence-corrected chi connectivity index (χ2v) is 2.37. The highest BCUT2D eigenvalue weighted by atomic mass is 16.2. The number of nitrogens with two attached hydrogens (primary N) is 2. The molecular weight excluding hydrogens is 174 g/mol. The summed E-state index contributed by atoms with van der Waals surface area (Å²) in [5.74, 6) is 4.40. The highest BCUT2D eigenvalue weighted by molar-refractivity contribution is 5.77. The Bertz CT molecular complexity index is 372. The number of aromatic amines is 1. The quantitative estimate of drug-likeness (QED) is 0.237. The zero-order valence-corrected chi connectivity index (χ0v) is 6.70. The lowest BCUT2D eigenvalue weighted by Crippen LogP contribution is -2.32. The number of anilines is 1. The lowest BCUT2D eigenvalue weighted by Gasteiger charge is -1.99. The van der Waals surface area contributed by atoms with Crippen molar-refractivity contribution >= 4 is 11.9 Å². The van der Waals surface area contributed by atoms with Gasteiger partial charge in [-0.1, -0.05) is 0 Å². The average molecular weight is 183 g/mol. The highest BCUT2D eigenvalue weighted by Crippen LogP contribution is 1.93. The fourth-order valence-electron chi connectivity index (χ4n) is 0.835. The fourth-order valence-corrected chi connectivity index (χ4v) is 0.835. The summed E-state index contributed by atoms with van der Waals surface area (Å²) in [6.45, 7) is 0. The van der Waals surface area contributed by atoms with Crippen LogP contribution in [0.5, 0.6) is 0 Å². The second-order valence-electron chi connectivity index (χ2n) is 2.37. The molecule has 7 heteroatoms. The monoisotopic (exact) mass is 183 g/mol. The van der Waals surface area contributed by atoms with E-state index in [2.05, 4.69) is 9.97 Å². The number of hydrazine groups is 1. The van der Waals surface area contributed by atoms with Gasteiger partial charge < -0.3 is 5.73 Å². The van der Waals surface area contributed by atoms with Crippen LogP contribution in [0.3, 0.4) is 0 Å². The first kappa shape index (κ1) is 9.20. The summed E-state index contributed by atoms with van der Waals surface area (Å²) in [6, 6.07) is 1.19. The molecule has 7 nitrogen and oxygen atoms in total. The number of rotatable bonds is 2. The summed E-state index contributed by atoms with van der Waals surface area (Å²) < 4.78 is 0. The Hall–Kier alpha value is -1.89. The smallest absolute Gasteiger partial charge is 0.252 e. The van der Waals surface area contributed by atoms with Crippen LogP contribution in [-0.4, -0.2) is 15.9 Å². The van der Waals surface area contributed by atoms with E-state index in [1.54, 1.807) is 0 Å². The van der Waals surface area contributed by atoms with Crippen LogP contribution < -0.4 is 22.6 Å². The molecule has 0 atom stereocenters. The van der Waals surface area contributed by atoms with Crippen LogP contribution in [0.4, 0.5) is 5.95 Å². The number of carbonyl (C=O) groups excluding carboxylic acids is 1. The van der Waals surface area contributed by atoms with E-state index in [-0.39, 0.29) is 18.1 Å². The maximum atomic E-state index is 10.8. The Morgan fingerprint density at radius 1 is 1.69 bits per heavy atom. The van der Waals surface area contributed by atoms with Gasteiger partial charge in [-0.05, 0) is 0 Å². The molecule has 1 amide bonds. The summed E-state index contributed by atoms with van der Waals surface area (Å²) >= 11 is 0. The van der Waals surface area contributed by atoms with Crippen molar-refractivity contribution in [3.63, 3.8) is 0 Å². The van der Waals surface area contributed by atoms with Crippen LogP contribution in [0.2, 0.25) is 0 Å². The van der Waals surface area contributed by atoms with Gasteiger partial charge in [-0.2, -0.15) is 0 Å². The SMILES string of the molecule is NNC(=O)Cc1cc(=O)[nH]c(N)n1. The second kappa shape index (κ2) is 3.68. The van der Waals surface area contributed by atoms with E-state index >= 15 is 0 Å². The number of carbonyl (C=O) groups is 1. The van der Waals surface area contributed by atoms with Gasteiger partial charge in [0.1, 0.15) is 0 Å². The standard InChI is InChI=1S/C6H9N5O2/c7-6-9-3(1-4(12)10-6)2-5(13)11-8/h1H,2,8H2,(H,11,13)(H3,7,9,10,12). The maximum Gasteiger partial charge on any atom is 0.252 e. The van der Waals surface area contributed by atoms with Crippen molar-refractivity contribution in [3.8, 4) is 0 Å². The minimum Gasteiger partial charge on any atom is -0.369 e. The average Bonchev–Trinajstić information content (AvgIpc) is 2.02. The Morgan fingerprint density at radius 3 is 2.92 bits per heavy atom. The Morgan fingerprint density at radius 2 is 2.38 bits per heavy atom. The molecule has 0 aliphatic heterocycles. The third-order valence-electron chi connectivity index (χ3n) is 1.32. The predicted octanol–water partition coefficient (Wildman–Crippen LogP) is -2.12. The summed E-state index contributed by atoms with van der Waals surface area (Å²) in [5, 5.41) is 0. The number of nitrogens with one attached hydrogen (secondary N) is 2. The molecule has 0 saturated carbocycles. The van der Waals surface area contributed by atoms with Crippen LogP contribution in [0.25, 0.3) is 0 Å². The molecule has 13 heavy (non-hydrogen) atoms. The van der Waals surface area contributed by atoms with Crippen molar-refractivity contribution in [1.29, 1.82) is 0 Å². The van der Waals surface area contributed by atoms with Crippen LogP contribution in [0.15, 0.2) is 10.9 Å². The molecule has 0 spiro atoms. The van der Waals surface area contributed by atoms with Gasteiger partial charge >= 0.3 is 0 Å². The van der Waals surface area contributed by atoms with Crippen LogP contribution in [0, 0.1) is 0 Å². The minimum atomic E-state index is -0.433. The number of amides is 1. The molecular formula is C6H9N5O2.